The van der Waals surface area contributed by atoms with Crippen molar-refractivity contribution in [2.75, 3.05) is 19.8 Å². The van der Waals surface area contributed by atoms with E-state index in [-0.39, 0.29) is 0 Å². The Labute approximate surface area is 176 Å². The summed E-state index contributed by atoms with van der Waals surface area (Å²) in [6.07, 6.45) is 7.62. The van der Waals surface area contributed by atoms with E-state index < -0.39 is 0 Å². The molecule has 0 N–H and O–H groups in total. The summed E-state index contributed by atoms with van der Waals surface area (Å²) in [4.78, 5) is 2.68. The third-order valence-electron chi connectivity index (χ3n) is 6.53. The van der Waals surface area contributed by atoms with E-state index in [0.29, 0.717) is 18.1 Å². The third-order valence-corrected chi connectivity index (χ3v) is 6.53. The Morgan fingerprint density at radius 1 is 0.724 bits per heavy atom. The lowest BCUT2D eigenvalue weighted by atomic mass is 9.91. The molecule has 29 heavy (non-hydrogen) atoms. The molecule has 3 nitrogen and oxygen atoms in total. The second kappa shape index (κ2) is 10.9. The maximum Gasteiger partial charge on any atom is 0.0576 e. The van der Waals surface area contributed by atoms with Gasteiger partial charge in [0.1, 0.15) is 0 Å². The average molecular weight is 394 g/mol. The minimum atomic E-state index is 0.449. The number of nitrogens with zero attached hydrogens (tertiary/aromatic N) is 1. The van der Waals surface area contributed by atoms with Crippen molar-refractivity contribution in [3.8, 4) is 0 Å². The van der Waals surface area contributed by atoms with Crippen LogP contribution in [-0.2, 0) is 22.6 Å². The lowest BCUT2D eigenvalue weighted by Crippen LogP contribution is -2.39. The SMILES string of the molecule is c1ccc(CN(Cc2ccccc2)C2CCC(OCC3CCOCC3)CC2)cc1. The van der Waals surface area contributed by atoms with E-state index in [9.17, 15) is 0 Å². The van der Waals surface area contributed by atoms with Gasteiger partial charge in [0.15, 0.2) is 0 Å². The highest BCUT2D eigenvalue weighted by Crippen LogP contribution is 2.28. The summed E-state index contributed by atoms with van der Waals surface area (Å²) in [6, 6.07) is 22.4. The van der Waals surface area contributed by atoms with Crippen molar-refractivity contribution in [1.29, 1.82) is 0 Å². The molecule has 1 aliphatic carbocycles. The molecular formula is C26H35NO2. The highest BCUT2D eigenvalue weighted by atomic mass is 16.5. The maximum atomic E-state index is 6.31. The number of rotatable bonds is 8. The molecule has 156 valence electrons. The Morgan fingerprint density at radius 2 is 1.28 bits per heavy atom. The van der Waals surface area contributed by atoms with Gasteiger partial charge in [-0.3, -0.25) is 4.90 Å². The molecule has 1 aliphatic heterocycles. The van der Waals surface area contributed by atoms with Crippen molar-refractivity contribution in [2.24, 2.45) is 5.92 Å². The maximum absolute atomic E-state index is 6.31. The third kappa shape index (κ3) is 6.40. The monoisotopic (exact) mass is 393 g/mol. The van der Waals surface area contributed by atoms with E-state index >= 15 is 0 Å². The van der Waals surface area contributed by atoms with Gasteiger partial charge in [0.2, 0.25) is 0 Å². The first-order valence-corrected chi connectivity index (χ1v) is 11.4. The summed E-state index contributed by atoms with van der Waals surface area (Å²) in [5.74, 6) is 0.703. The lowest BCUT2D eigenvalue weighted by Gasteiger charge is -2.37. The van der Waals surface area contributed by atoms with Gasteiger partial charge < -0.3 is 9.47 Å². The van der Waals surface area contributed by atoms with E-state index in [1.807, 2.05) is 0 Å². The molecule has 1 saturated carbocycles. The Morgan fingerprint density at radius 3 is 1.83 bits per heavy atom. The van der Waals surface area contributed by atoms with Crippen molar-refractivity contribution in [1.82, 2.24) is 4.90 Å². The Balaban J connectivity index is 1.31. The molecule has 0 aromatic heterocycles. The molecule has 2 fully saturated rings. The summed E-state index contributed by atoms with van der Waals surface area (Å²) >= 11 is 0. The number of hydrogen-bond donors (Lipinski definition) is 0. The standard InChI is InChI=1S/C26H35NO2/c1-3-7-22(8-4-1)19-27(20-23-9-5-2-6-10-23)25-11-13-26(14-12-25)29-21-24-15-17-28-18-16-24/h1-10,24-26H,11-21H2. The van der Waals surface area contributed by atoms with Gasteiger partial charge >= 0.3 is 0 Å². The summed E-state index contributed by atoms with van der Waals surface area (Å²) in [5, 5.41) is 0. The van der Waals surface area contributed by atoms with Crippen LogP contribution in [0.3, 0.4) is 0 Å². The first-order valence-electron chi connectivity index (χ1n) is 11.4. The van der Waals surface area contributed by atoms with Gasteiger partial charge in [0, 0.05) is 39.0 Å². The van der Waals surface area contributed by atoms with Crippen molar-refractivity contribution in [3.63, 3.8) is 0 Å². The molecule has 2 aromatic rings. The quantitative estimate of drug-likeness (QED) is 0.596. The molecule has 1 heterocycles. The van der Waals surface area contributed by atoms with E-state index in [2.05, 4.69) is 65.6 Å². The van der Waals surface area contributed by atoms with Crippen molar-refractivity contribution in [2.45, 2.75) is 63.8 Å². The fourth-order valence-corrected chi connectivity index (χ4v) is 4.71. The van der Waals surface area contributed by atoms with Gasteiger partial charge in [-0.2, -0.15) is 0 Å². The fourth-order valence-electron chi connectivity index (χ4n) is 4.71. The minimum Gasteiger partial charge on any atom is -0.381 e. The molecule has 2 aliphatic rings. The van der Waals surface area contributed by atoms with Crippen molar-refractivity contribution in [3.05, 3.63) is 71.8 Å². The van der Waals surface area contributed by atoms with Crippen LogP contribution in [0.2, 0.25) is 0 Å². The van der Waals surface area contributed by atoms with Crippen LogP contribution in [0.1, 0.15) is 49.7 Å². The number of benzene rings is 2. The summed E-state index contributed by atoms with van der Waals surface area (Å²) < 4.78 is 11.8. The van der Waals surface area contributed by atoms with Crippen LogP contribution in [0.15, 0.2) is 60.7 Å². The molecule has 0 atom stereocenters. The highest BCUT2D eigenvalue weighted by Gasteiger charge is 2.27. The number of hydrogen-bond acceptors (Lipinski definition) is 3. The number of ether oxygens (including phenoxy) is 2. The van der Waals surface area contributed by atoms with E-state index in [1.54, 1.807) is 0 Å². The fraction of sp³-hybridized carbons (Fsp3) is 0.538. The molecule has 0 radical (unpaired) electrons. The molecule has 3 heteroatoms. The predicted molar refractivity (Wildman–Crippen MR) is 118 cm³/mol. The normalized spacial score (nSPS) is 23.3. The first kappa shape index (κ1) is 20.6. The van der Waals surface area contributed by atoms with E-state index in [0.717, 1.165) is 45.8 Å². The van der Waals surface area contributed by atoms with Gasteiger partial charge in [0.05, 0.1) is 6.10 Å². The summed E-state index contributed by atoms with van der Waals surface area (Å²) in [5.41, 5.74) is 2.81. The van der Waals surface area contributed by atoms with Crippen LogP contribution in [-0.4, -0.2) is 36.9 Å². The van der Waals surface area contributed by atoms with Crippen LogP contribution in [0.25, 0.3) is 0 Å². The Hall–Kier alpha value is -1.68. The molecule has 2 aromatic carbocycles. The van der Waals surface area contributed by atoms with E-state index in [1.165, 1.54) is 36.8 Å². The largest absolute Gasteiger partial charge is 0.381 e. The molecule has 0 amide bonds. The molecular weight excluding hydrogens is 358 g/mol. The molecule has 0 spiro atoms. The predicted octanol–water partition coefficient (Wildman–Crippen LogP) is 5.44. The minimum absolute atomic E-state index is 0.449. The highest BCUT2D eigenvalue weighted by molar-refractivity contribution is 5.17. The van der Waals surface area contributed by atoms with Crippen LogP contribution in [0, 0.1) is 5.92 Å². The zero-order chi connectivity index (χ0) is 19.7. The molecule has 0 unspecified atom stereocenters. The van der Waals surface area contributed by atoms with E-state index in [4.69, 9.17) is 9.47 Å². The smallest absolute Gasteiger partial charge is 0.0576 e. The second-order valence-electron chi connectivity index (χ2n) is 8.70. The van der Waals surface area contributed by atoms with Gasteiger partial charge in [-0.1, -0.05) is 60.7 Å². The van der Waals surface area contributed by atoms with Crippen LogP contribution < -0.4 is 0 Å². The van der Waals surface area contributed by atoms with Crippen LogP contribution >= 0.6 is 0 Å². The Kier molecular flexibility index (Phi) is 7.75. The van der Waals surface area contributed by atoms with Crippen LogP contribution in [0.5, 0.6) is 0 Å². The van der Waals surface area contributed by atoms with Crippen molar-refractivity contribution < 1.29 is 9.47 Å². The van der Waals surface area contributed by atoms with Gasteiger partial charge in [0.25, 0.3) is 0 Å². The zero-order valence-electron chi connectivity index (χ0n) is 17.5. The zero-order valence-corrected chi connectivity index (χ0v) is 17.5. The topological polar surface area (TPSA) is 21.7 Å². The first-order chi connectivity index (χ1) is 14.4. The van der Waals surface area contributed by atoms with Gasteiger partial charge in [-0.05, 0) is 55.6 Å². The summed E-state index contributed by atoms with van der Waals surface area (Å²) in [6.45, 7) is 4.79. The Bertz CT molecular complexity index is 650. The molecule has 0 bridgehead atoms. The van der Waals surface area contributed by atoms with Crippen LogP contribution in [0.4, 0.5) is 0 Å². The second-order valence-corrected chi connectivity index (χ2v) is 8.70. The van der Waals surface area contributed by atoms with Gasteiger partial charge in [-0.15, -0.1) is 0 Å². The van der Waals surface area contributed by atoms with Gasteiger partial charge in [-0.25, -0.2) is 0 Å². The molecule has 4 rings (SSSR count). The lowest BCUT2D eigenvalue weighted by molar-refractivity contribution is -0.0334. The van der Waals surface area contributed by atoms with Crippen molar-refractivity contribution >= 4 is 0 Å². The average Bonchev–Trinajstić information content (AvgIpc) is 2.80. The molecule has 1 saturated heterocycles. The summed E-state index contributed by atoms with van der Waals surface area (Å²) in [7, 11) is 0.